The maximum absolute atomic E-state index is 12.6. The summed E-state index contributed by atoms with van der Waals surface area (Å²) in [6.45, 7) is 2.68. The van der Waals surface area contributed by atoms with E-state index in [-0.39, 0.29) is 22.8 Å². The Balaban J connectivity index is 1.81. The molecule has 0 saturated carbocycles. The molecule has 0 unspecified atom stereocenters. The van der Waals surface area contributed by atoms with E-state index in [1.54, 1.807) is 17.7 Å². The predicted octanol–water partition coefficient (Wildman–Crippen LogP) is 4.16. The van der Waals surface area contributed by atoms with E-state index in [4.69, 9.17) is 0 Å². The number of benzene rings is 2. The van der Waals surface area contributed by atoms with E-state index in [0.717, 1.165) is 34.1 Å². The predicted molar refractivity (Wildman–Crippen MR) is 101 cm³/mol. The average molecular weight is 404 g/mol. The quantitative estimate of drug-likeness (QED) is 0.435. The Kier molecular flexibility index (Phi) is 6.03. The Labute approximate surface area is 164 Å². The van der Waals surface area contributed by atoms with Crippen LogP contribution in [0.4, 0.5) is 8.78 Å². The topological polar surface area (TPSA) is 69.9 Å². The number of alkyl halides is 2. The van der Waals surface area contributed by atoms with Crippen molar-refractivity contribution < 1.29 is 18.3 Å². The van der Waals surface area contributed by atoms with Gasteiger partial charge in [0.1, 0.15) is 5.75 Å². The third-order valence-corrected chi connectivity index (χ3v) is 4.94. The fourth-order valence-corrected chi connectivity index (χ4v) is 3.40. The Bertz CT molecular complexity index is 1010. The molecule has 0 aliphatic carbocycles. The second kappa shape index (κ2) is 8.47. The molecule has 0 N–H and O–H groups in total. The summed E-state index contributed by atoms with van der Waals surface area (Å²) in [5.74, 6) is -0.505. The molecule has 0 amide bonds. The van der Waals surface area contributed by atoms with Crippen molar-refractivity contribution >= 4 is 17.5 Å². The first kappa shape index (κ1) is 19.9. The summed E-state index contributed by atoms with van der Waals surface area (Å²) in [5.41, 5.74) is 3.74. The van der Waals surface area contributed by atoms with Gasteiger partial charge in [-0.05, 0) is 60.5 Å². The highest BCUT2D eigenvalue weighted by molar-refractivity contribution is 7.99. The van der Waals surface area contributed by atoms with Crippen LogP contribution in [0.15, 0.2) is 41.6 Å². The summed E-state index contributed by atoms with van der Waals surface area (Å²) >= 11 is 1.13. The highest BCUT2D eigenvalue weighted by Crippen LogP contribution is 2.26. The largest absolute Gasteiger partial charge is 0.434 e. The van der Waals surface area contributed by atoms with Gasteiger partial charge in [-0.3, -0.25) is 4.79 Å². The number of carbonyl (C=O) groups is 1. The number of tetrazole rings is 1. The van der Waals surface area contributed by atoms with E-state index in [2.05, 4.69) is 20.3 Å². The molecule has 0 atom stereocenters. The number of hydrogen-bond donors (Lipinski definition) is 0. The lowest BCUT2D eigenvalue weighted by atomic mass is 10.1. The number of rotatable bonds is 7. The van der Waals surface area contributed by atoms with Crippen LogP contribution in [0.25, 0.3) is 5.69 Å². The lowest BCUT2D eigenvalue weighted by Gasteiger charge is -2.11. The molecule has 0 spiro atoms. The van der Waals surface area contributed by atoms with E-state index in [9.17, 15) is 13.6 Å². The number of carbonyl (C=O) groups excluding carboxylic acids is 1. The van der Waals surface area contributed by atoms with Gasteiger partial charge in [-0.2, -0.15) is 13.5 Å². The van der Waals surface area contributed by atoms with E-state index in [1.165, 1.54) is 12.1 Å². The van der Waals surface area contributed by atoms with Gasteiger partial charge >= 0.3 is 6.61 Å². The number of aromatic nitrogens is 4. The summed E-state index contributed by atoms with van der Waals surface area (Å²) in [6.07, 6.45) is 0. The van der Waals surface area contributed by atoms with Gasteiger partial charge in [0.15, 0.2) is 5.78 Å². The number of Topliss-reactive ketones (excluding diaryl/α,β-unsaturated/α-hetero) is 1. The fourth-order valence-electron chi connectivity index (χ4n) is 2.64. The zero-order valence-corrected chi connectivity index (χ0v) is 16.3. The minimum Gasteiger partial charge on any atom is -0.434 e. The zero-order valence-electron chi connectivity index (χ0n) is 15.5. The van der Waals surface area contributed by atoms with Crippen molar-refractivity contribution in [1.29, 1.82) is 0 Å². The molecule has 6 nitrogen and oxygen atoms in total. The molecular weight excluding hydrogens is 386 g/mol. The first-order valence-electron chi connectivity index (χ1n) is 8.42. The molecular formula is C19H18F2N4O2S. The number of ketones is 1. The van der Waals surface area contributed by atoms with Crippen LogP contribution in [-0.2, 0) is 0 Å². The van der Waals surface area contributed by atoms with Crippen molar-refractivity contribution in [3.05, 3.63) is 58.7 Å². The monoisotopic (exact) mass is 404 g/mol. The number of hydrogen-bond acceptors (Lipinski definition) is 6. The van der Waals surface area contributed by atoms with Crippen molar-refractivity contribution in [2.24, 2.45) is 0 Å². The molecule has 0 bridgehead atoms. The highest BCUT2D eigenvalue weighted by Gasteiger charge is 2.19. The normalized spacial score (nSPS) is 11.1. The fraction of sp³-hybridized carbons (Fsp3) is 0.263. The summed E-state index contributed by atoms with van der Waals surface area (Å²) in [7, 11) is 0. The first-order valence-corrected chi connectivity index (χ1v) is 9.41. The Hall–Kier alpha value is -2.81. The van der Waals surface area contributed by atoms with E-state index in [0.29, 0.717) is 5.16 Å². The Morgan fingerprint density at radius 1 is 1.14 bits per heavy atom. The number of halogens is 2. The summed E-state index contributed by atoms with van der Waals surface area (Å²) in [4.78, 5) is 12.6. The van der Waals surface area contributed by atoms with E-state index in [1.807, 2.05) is 32.0 Å². The molecule has 3 aromatic rings. The minimum atomic E-state index is -3.00. The van der Waals surface area contributed by atoms with Gasteiger partial charge in [-0.1, -0.05) is 35.5 Å². The van der Waals surface area contributed by atoms with Crippen molar-refractivity contribution in [1.82, 2.24) is 20.2 Å². The van der Waals surface area contributed by atoms with Crippen molar-refractivity contribution in [2.75, 3.05) is 5.75 Å². The SMILES string of the molecule is Cc1ccc(OC(F)F)c(C(=O)CSc2nnnn2-c2cc(C)ccc2C)c1. The number of ether oxygens (including phenoxy) is 1. The number of thioether (sulfide) groups is 1. The summed E-state index contributed by atoms with van der Waals surface area (Å²) in [5, 5.41) is 12.1. The Morgan fingerprint density at radius 3 is 2.61 bits per heavy atom. The van der Waals surface area contributed by atoms with Gasteiger partial charge in [0.25, 0.3) is 0 Å². The standard InChI is InChI=1S/C19H18F2N4O2S/c1-11-5-7-17(27-18(20)21)14(8-11)16(26)10-28-19-22-23-24-25(19)15-9-12(2)4-6-13(15)3/h4-9,18H,10H2,1-3H3. The highest BCUT2D eigenvalue weighted by atomic mass is 32.2. The molecule has 0 aliphatic rings. The molecule has 3 rings (SSSR count). The molecule has 0 aliphatic heterocycles. The van der Waals surface area contributed by atoms with Gasteiger partial charge in [0.05, 0.1) is 17.0 Å². The van der Waals surface area contributed by atoms with Crippen LogP contribution in [-0.4, -0.2) is 38.4 Å². The molecule has 9 heteroatoms. The van der Waals surface area contributed by atoms with Gasteiger partial charge in [-0.25, -0.2) is 0 Å². The van der Waals surface area contributed by atoms with Crippen LogP contribution in [0.2, 0.25) is 0 Å². The van der Waals surface area contributed by atoms with Crippen molar-refractivity contribution in [3.63, 3.8) is 0 Å². The van der Waals surface area contributed by atoms with Gasteiger partial charge < -0.3 is 4.74 Å². The summed E-state index contributed by atoms with van der Waals surface area (Å²) in [6, 6.07) is 10.4. The molecule has 2 aromatic carbocycles. The number of nitrogens with zero attached hydrogens (tertiary/aromatic N) is 4. The molecule has 0 fully saturated rings. The average Bonchev–Trinajstić information content (AvgIpc) is 3.11. The van der Waals surface area contributed by atoms with Gasteiger partial charge in [0, 0.05) is 0 Å². The second-order valence-corrected chi connectivity index (χ2v) is 7.20. The van der Waals surface area contributed by atoms with Crippen LogP contribution in [0.5, 0.6) is 5.75 Å². The van der Waals surface area contributed by atoms with Crippen LogP contribution in [0.3, 0.4) is 0 Å². The molecule has 0 saturated heterocycles. The third kappa shape index (κ3) is 4.53. The van der Waals surface area contributed by atoms with Crippen molar-refractivity contribution in [3.8, 4) is 11.4 Å². The van der Waals surface area contributed by atoms with Crippen LogP contribution in [0, 0.1) is 20.8 Å². The van der Waals surface area contributed by atoms with Crippen molar-refractivity contribution in [2.45, 2.75) is 32.5 Å². The van der Waals surface area contributed by atoms with Crippen LogP contribution in [0.1, 0.15) is 27.0 Å². The lowest BCUT2D eigenvalue weighted by Crippen LogP contribution is -2.10. The molecule has 146 valence electrons. The van der Waals surface area contributed by atoms with Gasteiger partial charge in [-0.15, -0.1) is 5.10 Å². The van der Waals surface area contributed by atoms with Gasteiger partial charge in [0.2, 0.25) is 5.16 Å². The molecule has 1 aromatic heterocycles. The third-order valence-electron chi connectivity index (χ3n) is 4.02. The molecule has 28 heavy (non-hydrogen) atoms. The molecule has 0 radical (unpaired) electrons. The Morgan fingerprint density at radius 2 is 1.86 bits per heavy atom. The van der Waals surface area contributed by atoms with E-state index < -0.39 is 6.61 Å². The second-order valence-electron chi connectivity index (χ2n) is 6.25. The van der Waals surface area contributed by atoms with E-state index >= 15 is 0 Å². The van der Waals surface area contributed by atoms with Crippen LogP contribution < -0.4 is 4.74 Å². The number of aryl methyl sites for hydroxylation is 3. The lowest BCUT2D eigenvalue weighted by molar-refractivity contribution is -0.0501. The van der Waals surface area contributed by atoms with Crippen LogP contribution >= 0.6 is 11.8 Å². The first-order chi connectivity index (χ1) is 13.3. The maximum atomic E-state index is 12.6. The minimum absolute atomic E-state index is 0.0196. The zero-order chi connectivity index (χ0) is 20.3. The molecule has 1 heterocycles. The summed E-state index contributed by atoms with van der Waals surface area (Å²) < 4.78 is 31.3. The smallest absolute Gasteiger partial charge is 0.387 e. The maximum Gasteiger partial charge on any atom is 0.387 e.